The Morgan fingerprint density at radius 1 is 1.16 bits per heavy atom. The predicted octanol–water partition coefficient (Wildman–Crippen LogP) is 4.68. The Kier molecular flexibility index (Phi) is 5.20. The predicted molar refractivity (Wildman–Crippen MR) is 106 cm³/mol. The number of likely N-dealkylation sites (N-methyl/N-ethyl adjacent to an activating group) is 1. The molecule has 0 unspecified atom stereocenters. The second-order valence-corrected chi connectivity index (χ2v) is 7.82. The number of nitrogens with one attached hydrogen (secondary N) is 1. The van der Waals surface area contributed by atoms with Crippen molar-refractivity contribution in [1.29, 1.82) is 0 Å². The molecule has 128 valence electrons. The summed E-state index contributed by atoms with van der Waals surface area (Å²) in [7, 11) is 1.64. The monoisotopic (exact) mass is 416 g/mol. The summed E-state index contributed by atoms with van der Waals surface area (Å²) in [6, 6.07) is 15.4. The van der Waals surface area contributed by atoms with E-state index < -0.39 is 0 Å². The Labute approximate surface area is 158 Å². The van der Waals surface area contributed by atoms with Gasteiger partial charge in [0, 0.05) is 21.9 Å². The number of amides is 2. The Balaban J connectivity index is 1.67. The van der Waals surface area contributed by atoms with E-state index in [0.717, 1.165) is 25.8 Å². The van der Waals surface area contributed by atoms with Gasteiger partial charge in [-0.3, -0.25) is 9.59 Å². The molecule has 0 bridgehead atoms. The van der Waals surface area contributed by atoms with E-state index in [0.29, 0.717) is 4.88 Å². The lowest BCUT2D eigenvalue weighted by Crippen LogP contribution is -2.34. The van der Waals surface area contributed by atoms with Gasteiger partial charge in [-0.05, 0) is 48.2 Å². The summed E-state index contributed by atoms with van der Waals surface area (Å²) in [5.41, 5.74) is 1.71. The highest BCUT2D eigenvalue weighted by Crippen LogP contribution is 2.26. The molecule has 0 aliphatic carbocycles. The van der Waals surface area contributed by atoms with Crippen molar-refractivity contribution in [3.63, 3.8) is 0 Å². The van der Waals surface area contributed by atoms with Gasteiger partial charge in [0.05, 0.1) is 11.4 Å². The van der Waals surface area contributed by atoms with Gasteiger partial charge in [-0.1, -0.05) is 34.1 Å². The molecule has 0 spiro atoms. The minimum atomic E-state index is -0.220. The molecule has 2 aromatic carbocycles. The van der Waals surface area contributed by atoms with Gasteiger partial charge in [-0.15, -0.1) is 11.3 Å². The second-order valence-electron chi connectivity index (χ2n) is 5.82. The third-order valence-electron chi connectivity index (χ3n) is 3.83. The number of benzene rings is 2. The van der Waals surface area contributed by atoms with E-state index in [1.807, 2.05) is 55.5 Å². The SMILES string of the molecule is Cc1cc(Br)ccc1NC(=O)CN(C)C(=O)c1cc2ccccc2s1. The van der Waals surface area contributed by atoms with Gasteiger partial charge in [-0.2, -0.15) is 0 Å². The number of carbonyl (C=O) groups excluding carboxylic acids is 2. The van der Waals surface area contributed by atoms with E-state index in [-0.39, 0.29) is 18.4 Å². The standard InChI is InChI=1S/C19H17BrN2O2S/c1-12-9-14(20)7-8-15(12)21-18(23)11-22(2)19(24)17-10-13-5-3-4-6-16(13)25-17/h3-10H,11H2,1-2H3,(H,21,23). The summed E-state index contributed by atoms with van der Waals surface area (Å²) in [5.74, 6) is -0.369. The van der Waals surface area contributed by atoms with Crippen molar-refractivity contribution in [2.24, 2.45) is 0 Å². The van der Waals surface area contributed by atoms with Gasteiger partial charge >= 0.3 is 0 Å². The molecule has 25 heavy (non-hydrogen) atoms. The summed E-state index contributed by atoms with van der Waals surface area (Å²) >= 11 is 4.84. The fourth-order valence-corrected chi connectivity index (χ4v) is 4.05. The number of hydrogen-bond acceptors (Lipinski definition) is 3. The average Bonchev–Trinajstić information content (AvgIpc) is 3.00. The second kappa shape index (κ2) is 7.37. The number of hydrogen-bond donors (Lipinski definition) is 1. The van der Waals surface area contributed by atoms with Crippen LogP contribution in [-0.4, -0.2) is 30.3 Å². The van der Waals surface area contributed by atoms with Crippen LogP contribution in [0.4, 0.5) is 5.69 Å². The van der Waals surface area contributed by atoms with Crippen LogP contribution in [0.1, 0.15) is 15.2 Å². The third-order valence-corrected chi connectivity index (χ3v) is 5.42. The Morgan fingerprint density at radius 3 is 2.64 bits per heavy atom. The van der Waals surface area contributed by atoms with Gasteiger partial charge in [0.1, 0.15) is 0 Å². The van der Waals surface area contributed by atoms with Crippen molar-refractivity contribution < 1.29 is 9.59 Å². The molecule has 0 atom stereocenters. The molecule has 4 nitrogen and oxygen atoms in total. The number of aryl methyl sites for hydroxylation is 1. The van der Waals surface area contributed by atoms with E-state index in [4.69, 9.17) is 0 Å². The van der Waals surface area contributed by atoms with E-state index in [9.17, 15) is 9.59 Å². The molecule has 0 saturated carbocycles. The average molecular weight is 417 g/mol. The van der Waals surface area contributed by atoms with Gasteiger partial charge in [0.25, 0.3) is 5.91 Å². The van der Waals surface area contributed by atoms with Crippen LogP contribution in [0.15, 0.2) is 53.0 Å². The molecule has 0 aliphatic heterocycles. The maximum Gasteiger partial charge on any atom is 0.264 e. The molecule has 0 aliphatic rings. The van der Waals surface area contributed by atoms with Crippen LogP contribution in [0, 0.1) is 6.92 Å². The molecule has 0 saturated heterocycles. The van der Waals surface area contributed by atoms with Crippen LogP contribution in [0.5, 0.6) is 0 Å². The van der Waals surface area contributed by atoms with Crippen LogP contribution in [0.3, 0.4) is 0 Å². The lowest BCUT2D eigenvalue weighted by atomic mass is 10.2. The van der Waals surface area contributed by atoms with Gasteiger partial charge in [-0.25, -0.2) is 0 Å². The van der Waals surface area contributed by atoms with Crippen LogP contribution >= 0.6 is 27.3 Å². The lowest BCUT2D eigenvalue weighted by molar-refractivity contribution is -0.116. The number of anilines is 1. The summed E-state index contributed by atoms with van der Waals surface area (Å²) < 4.78 is 2.02. The molecule has 3 rings (SSSR count). The maximum absolute atomic E-state index is 12.6. The Morgan fingerprint density at radius 2 is 1.92 bits per heavy atom. The zero-order valence-corrected chi connectivity index (χ0v) is 16.3. The summed E-state index contributed by atoms with van der Waals surface area (Å²) in [6.07, 6.45) is 0. The first-order valence-corrected chi connectivity index (χ1v) is 9.35. The Hall–Kier alpha value is -2.18. The number of nitrogens with zero attached hydrogens (tertiary/aromatic N) is 1. The van der Waals surface area contributed by atoms with E-state index in [2.05, 4.69) is 21.2 Å². The molecule has 1 heterocycles. The molecule has 3 aromatic rings. The summed E-state index contributed by atoms with van der Waals surface area (Å²) in [5, 5.41) is 3.89. The number of rotatable bonds is 4. The van der Waals surface area contributed by atoms with Crippen molar-refractivity contribution >= 4 is 54.9 Å². The largest absolute Gasteiger partial charge is 0.332 e. The van der Waals surface area contributed by atoms with Crippen molar-refractivity contribution in [3.8, 4) is 0 Å². The zero-order valence-electron chi connectivity index (χ0n) is 13.9. The minimum Gasteiger partial charge on any atom is -0.332 e. The normalized spacial score (nSPS) is 10.7. The molecule has 1 N–H and O–H groups in total. The van der Waals surface area contributed by atoms with E-state index >= 15 is 0 Å². The lowest BCUT2D eigenvalue weighted by Gasteiger charge is -2.16. The number of carbonyl (C=O) groups is 2. The van der Waals surface area contributed by atoms with Gasteiger partial charge in [0.15, 0.2) is 0 Å². The van der Waals surface area contributed by atoms with E-state index in [1.54, 1.807) is 7.05 Å². The number of fused-ring (bicyclic) bond motifs is 1. The minimum absolute atomic E-state index is 0.00256. The molecular weight excluding hydrogens is 400 g/mol. The van der Waals surface area contributed by atoms with Crippen LogP contribution < -0.4 is 5.32 Å². The molecule has 0 fully saturated rings. The topological polar surface area (TPSA) is 49.4 Å². The van der Waals surface area contributed by atoms with Crippen molar-refractivity contribution in [2.75, 3.05) is 18.9 Å². The van der Waals surface area contributed by atoms with Crippen molar-refractivity contribution in [1.82, 2.24) is 4.90 Å². The fourth-order valence-electron chi connectivity index (χ4n) is 2.52. The van der Waals surface area contributed by atoms with Crippen molar-refractivity contribution in [3.05, 3.63) is 63.4 Å². The first-order chi connectivity index (χ1) is 11.9. The van der Waals surface area contributed by atoms with Crippen molar-refractivity contribution in [2.45, 2.75) is 6.92 Å². The first kappa shape index (κ1) is 17.6. The summed E-state index contributed by atoms with van der Waals surface area (Å²) in [6.45, 7) is 1.93. The molecule has 0 radical (unpaired) electrons. The zero-order chi connectivity index (χ0) is 18.0. The highest BCUT2D eigenvalue weighted by molar-refractivity contribution is 9.10. The third kappa shape index (κ3) is 4.08. The number of thiophene rings is 1. The highest BCUT2D eigenvalue weighted by Gasteiger charge is 2.17. The Bertz CT molecular complexity index is 919. The van der Waals surface area contributed by atoms with Gasteiger partial charge in [0.2, 0.25) is 5.91 Å². The van der Waals surface area contributed by atoms with E-state index in [1.165, 1.54) is 16.2 Å². The number of halogens is 1. The van der Waals surface area contributed by atoms with Crippen LogP contribution in [0.25, 0.3) is 10.1 Å². The molecular formula is C19H17BrN2O2S. The first-order valence-electron chi connectivity index (χ1n) is 7.74. The highest BCUT2D eigenvalue weighted by atomic mass is 79.9. The molecule has 1 aromatic heterocycles. The summed E-state index contributed by atoms with van der Waals surface area (Å²) in [4.78, 5) is 26.9. The van der Waals surface area contributed by atoms with Crippen LogP contribution in [-0.2, 0) is 4.79 Å². The fraction of sp³-hybridized carbons (Fsp3) is 0.158. The maximum atomic E-state index is 12.6. The molecule has 6 heteroatoms. The quantitative estimate of drug-likeness (QED) is 0.670. The smallest absolute Gasteiger partial charge is 0.264 e. The van der Waals surface area contributed by atoms with Gasteiger partial charge < -0.3 is 10.2 Å². The molecule has 2 amide bonds. The van der Waals surface area contributed by atoms with Crippen LogP contribution in [0.2, 0.25) is 0 Å².